The molecule has 2 rings (SSSR count). The Morgan fingerprint density at radius 2 is 1.48 bits per heavy atom. The first-order valence-corrected chi connectivity index (χ1v) is 6.61. The number of aliphatic carboxylic acids is 1. The Labute approximate surface area is 132 Å². The summed E-state index contributed by atoms with van der Waals surface area (Å²) >= 11 is 0. The zero-order valence-corrected chi connectivity index (χ0v) is 12.1. The number of hydrogen-bond acceptors (Lipinski definition) is 5. The van der Waals surface area contributed by atoms with Gasteiger partial charge in [0.15, 0.2) is 5.03 Å². The molecule has 0 aliphatic carbocycles. The van der Waals surface area contributed by atoms with Gasteiger partial charge in [-0.3, -0.25) is 4.79 Å². The van der Waals surface area contributed by atoms with Crippen LogP contribution in [-0.4, -0.2) is 33.9 Å². The van der Waals surface area contributed by atoms with Crippen molar-refractivity contribution in [2.24, 2.45) is 5.73 Å². The van der Waals surface area contributed by atoms with Crippen LogP contribution in [0.25, 0.3) is 0 Å². The third-order valence-corrected chi connectivity index (χ3v) is 2.68. The van der Waals surface area contributed by atoms with Crippen LogP contribution in [0.3, 0.4) is 0 Å². The lowest BCUT2D eigenvalue weighted by Crippen LogP contribution is -2.33. The molecule has 0 fully saturated rings. The van der Waals surface area contributed by atoms with Crippen LogP contribution in [0.15, 0.2) is 60.7 Å². The number of aliphatic hydroxyl groups excluding tert-OH is 1. The standard InChI is InChI=1S/C12H10N2O2.C3H7NO3/c15-14(16)13(11-7-3-1-4-8-11)12-9-5-2-6-10-12;4-2(1-5)3(6)7/h1-10H;2,5H,1,4H2,(H,6,7)/t;2-/m.0/s1. The topological polar surface area (TPSA) is 130 Å². The van der Waals surface area contributed by atoms with Gasteiger partial charge in [-0.15, -0.1) is 0 Å². The van der Waals surface area contributed by atoms with Crippen molar-refractivity contribution in [2.75, 3.05) is 11.6 Å². The zero-order valence-electron chi connectivity index (χ0n) is 12.1. The molecule has 0 amide bonds. The number of carboxylic acids is 1. The number of anilines is 2. The van der Waals surface area contributed by atoms with Crippen LogP contribution in [0.1, 0.15) is 0 Å². The van der Waals surface area contributed by atoms with E-state index >= 15 is 0 Å². The molecule has 0 saturated heterocycles. The van der Waals surface area contributed by atoms with Gasteiger partial charge in [-0.25, -0.2) is 10.1 Å². The predicted octanol–water partition coefficient (Wildman–Crippen LogP) is 1.41. The van der Waals surface area contributed by atoms with Crippen LogP contribution in [-0.2, 0) is 4.79 Å². The highest BCUT2D eigenvalue weighted by Crippen LogP contribution is 2.24. The molecule has 1 atom stereocenters. The second-order valence-electron chi connectivity index (χ2n) is 4.35. The second-order valence-corrected chi connectivity index (χ2v) is 4.35. The average Bonchev–Trinajstić information content (AvgIpc) is 2.56. The highest BCUT2D eigenvalue weighted by molar-refractivity contribution is 5.73. The van der Waals surface area contributed by atoms with E-state index in [1.165, 1.54) is 0 Å². The quantitative estimate of drug-likeness (QED) is 0.561. The van der Waals surface area contributed by atoms with Gasteiger partial charge < -0.3 is 15.9 Å². The first-order chi connectivity index (χ1) is 11.0. The fraction of sp³-hybridized carbons (Fsp3) is 0.133. The van der Waals surface area contributed by atoms with Crippen molar-refractivity contribution >= 4 is 17.3 Å². The number of nitrogens with zero attached hydrogens (tertiary/aromatic N) is 2. The summed E-state index contributed by atoms with van der Waals surface area (Å²) in [6, 6.07) is 16.4. The van der Waals surface area contributed by atoms with Gasteiger partial charge in [-0.2, -0.15) is 0 Å². The third kappa shape index (κ3) is 5.73. The smallest absolute Gasteiger partial charge is 0.322 e. The summed E-state index contributed by atoms with van der Waals surface area (Å²) in [5, 5.41) is 27.6. The lowest BCUT2D eigenvalue weighted by Gasteiger charge is -2.13. The summed E-state index contributed by atoms with van der Waals surface area (Å²) in [5.41, 5.74) is 5.85. The molecule has 0 bridgehead atoms. The fourth-order valence-electron chi connectivity index (χ4n) is 1.55. The molecule has 0 aromatic heterocycles. The Kier molecular flexibility index (Phi) is 7.18. The minimum absolute atomic E-state index is 0.426. The number of para-hydroxylation sites is 2. The van der Waals surface area contributed by atoms with E-state index in [0.29, 0.717) is 11.4 Å². The normalized spacial score (nSPS) is 10.9. The Morgan fingerprint density at radius 3 is 1.70 bits per heavy atom. The number of hydrazine groups is 1. The molecule has 2 aromatic rings. The van der Waals surface area contributed by atoms with Gasteiger partial charge in [0.25, 0.3) is 0 Å². The molecule has 23 heavy (non-hydrogen) atoms. The van der Waals surface area contributed by atoms with Crippen molar-refractivity contribution in [1.82, 2.24) is 0 Å². The lowest BCUT2D eigenvalue weighted by molar-refractivity contribution is -0.483. The molecule has 0 aliphatic rings. The second kappa shape index (κ2) is 9.13. The summed E-state index contributed by atoms with van der Waals surface area (Å²) in [6.45, 7) is -0.505. The number of rotatable bonds is 5. The van der Waals surface area contributed by atoms with E-state index in [1.807, 2.05) is 12.1 Å². The van der Waals surface area contributed by atoms with E-state index < -0.39 is 23.7 Å². The maximum atomic E-state index is 11.0. The Hall–Kier alpha value is -2.97. The molecular formula is C15H17N3O5. The summed E-state index contributed by atoms with van der Waals surface area (Å²) < 4.78 is 0. The third-order valence-electron chi connectivity index (χ3n) is 2.68. The molecule has 8 heteroatoms. The monoisotopic (exact) mass is 319 g/mol. The van der Waals surface area contributed by atoms with Gasteiger partial charge >= 0.3 is 5.97 Å². The van der Waals surface area contributed by atoms with Crippen LogP contribution in [0.5, 0.6) is 0 Å². The van der Waals surface area contributed by atoms with Crippen LogP contribution >= 0.6 is 0 Å². The van der Waals surface area contributed by atoms with Gasteiger partial charge in [-0.05, 0) is 24.3 Å². The summed E-state index contributed by atoms with van der Waals surface area (Å²) in [5.74, 6) is -1.18. The van der Waals surface area contributed by atoms with Crippen LogP contribution in [0.4, 0.5) is 11.4 Å². The maximum Gasteiger partial charge on any atom is 0.322 e. The van der Waals surface area contributed by atoms with Crippen molar-refractivity contribution in [2.45, 2.75) is 6.04 Å². The van der Waals surface area contributed by atoms with E-state index in [9.17, 15) is 14.9 Å². The molecule has 0 radical (unpaired) electrons. The summed E-state index contributed by atoms with van der Waals surface area (Å²) in [7, 11) is 0. The number of hydrogen-bond donors (Lipinski definition) is 3. The van der Waals surface area contributed by atoms with Crippen molar-refractivity contribution in [1.29, 1.82) is 0 Å². The van der Waals surface area contributed by atoms with Crippen LogP contribution in [0.2, 0.25) is 0 Å². The number of carbonyl (C=O) groups is 1. The molecule has 0 saturated carbocycles. The van der Waals surface area contributed by atoms with E-state index in [-0.39, 0.29) is 0 Å². The molecule has 4 N–H and O–H groups in total. The Bertz CT molecular complexity index is 582. The molecule has 8 nitrogen and oxygen atoms in total. The van der Waals surface area contributed by atoms with E-state index in [0.717, 1.165) is 5.01 Å². The number of nitro groups is 1. The number of benzene rings is 2. The largest absolute Gasteiger partial charge is 0.480 e. The SMILES string of the molecule is N[C@@H](CO)C(=O)O.O=[N+]([O-])N(c1ccccc1)c1ccccc1. The van der Waals surface area contributed by atoms with E-state index in [1.54, 1.807) is 48.5 Å². The van der Waals surface area contributed by atoms with Gasteiger partial charge in [0, 0.05) is 0 Å². The van der Waals surface area contributed by atoms with Gasteiger partial charge in [0.05, 0.1) is 6.61 Å². The summed E-state index contributed by atoms with van der Waals surface area (Å²) in [6.07, 6.45) is 0. The molecule has 2 aromatic carbocycles. The highest BCUT2D eigenvalue weighted by Gasteiger charge is 2.18. The van der Waals surface area contributed by atoms with E-state index in [2.05, 4.69) is 0 Å². The zero-order chi connectivity index (χ0) is 17.2. The molecular weight excluding hydrogens is 302 g/mol. The predicted molar refractivity (Wildman–Crippen MR) is 84.7 cm³/mol. The van der Waals surface area contributed by atoms with Crippen molar-refractivity contribution in [3.05, 3.63) is 70.8 Å². The van der Waals surface area contributed by atoms with Crippen LogP contribution < -0.4 is 10.7 Å². The fourth-order valence-corrected chi connectivity index (χ4v) is 1.55. The molecule has 122 valence electrons. The highest BCUT2D eigenvalue weighted by atomic mass is 16.7. The van der Waals surface area contributed by atoms with Gasteiger partial charge in [0.2, 0.25) is 0 Å². The van der Waals surface area contributed by atoms with Crippen molar-refractivity contribution in [3.8, 4) is 0 Å². The van der Waals surface area contributed by atoms with Crippen molar-refractivity contribution in [3.63, 3.8) is 0 Å². The average molecular weight is 319 g/mol. The number of aliphatic hydroxyl groups is 1. The van der Waals surface area contributed by atoms with Gasteiger partial charge in [0.1, 0.15) is 17.4 Å². The molecule has 0 unspecified atom stereocenters. The van der Waals surface area contributed by atoms with Crippen LogP contribution in [0, 0.1) is 10.1 Å². The number of nitrogens with two attached hydrogens (primary N) is 1. The Balaban J connectivity index is 0.000000322. The van der Waals surface area contributed by atoms with Gasteiger partial charge in [-0.1, -0.05) is 41.4 Å². The summed E-state index contributed by atoms with van der Waals surface area (Å²) in [4.78, 5) is 20.7. The number of carboxylic acid groups (broad SMARTS) is 1. The molecule has 0 heterocycles. The Morgan fingerprint density at radius 1 is 1.09 bits per heavy atom. The minimum Gasteiger partial charge on any atom is -0.480 e. The maximum absolute atomic E-state index is 11.0. The minimum atomic E-state index is -1.18. The lowest BCUT2D eigenvalue weighted by atomic mass is 10.2. The van der Waals surface area contributed by atoms with Crippen molar-refractivity contribution < 1.29 is 20.0 Å². The first-order valence-electron chi connectivity index (χ1n) is 6.61. The first kappa shape index (κ1) is 18.1. The molecule has 0 spiro atoms. The van der Waals surface area contributed by atoms with E-state index in [4.69, 9.17) is 15.9 Å². The molecule has 0 aliphatic heterocycles.